The van der Waals surface area contributed by atoms with E-state index in [1.807, 2.05) is 0 Å². The molecule has 19 heteroatoms. The summed E-state index contributed by atoms with van der Waals surface area (Å²) >= 11 is 0. The van der Waals surface area contributed by atoms with Crippen molar-refractivity contribution < 1.29 is 80.2 Å². The highest BCUT2D eigenvalue weighted by molar-refractivity contribution is 7.47. The van der Waals surface area contributed by atoms with E-state index in [9.17, 15) is 43.2 Å². The van der Waals surface area contributed by atoms with Crippen LogP contribution in [0, 0.1) is 0 Å². The number of hydrogen-bond acceptors (Lipinski definition) is 15. The van der Waals surface area contributed by atoms with Gasteiger partial charge in [-0.1, -0.05) is 331 Å². The van der Waals surface area contributed by atoms with E-state index >= 15 is 0 Å². The fraction of sp³-hybridized carbons (Fsp3) is 0.788. The van der Waals surface area contributed by atoms with Gasteiger partial charge in [0.25, 0.3) is 0 Å². The van der Waals surface area contributed by atoms with E-state index in [4.69, 9.17) is 37.0 Å². The molecule has 5 atom stereocenters. The molecule has 0 saturated carbocycles. The number of carbonyl (C=O) groups is 4. The third kappa shape index (κ3) is 76.4. The number of allylic oxidation sites excluding steroid dienone is 14. The fourth-order valence-electron chi connectivity index (χ4n) is 11.5. The molecule has 0 aliphatic rings. The van der Waals surface area contributed by atoms with Crippen molar-refractivity contribution in [1.82, 2.24) is 0 Å². The first kappa shape index (κ1) is 100. The first-order valence-electron chi connectivity index (χ1n) is 41.8. The Morgan fingerprint density at radius 3 is 0.798 bits per heavy atom. The Hall–Kier alpha value is -3.76. The van der Waals surface area contributed by atoms with Gasteiger partial charge in [-0.25, -0.2) is 9.13 Å². The van der Waals surface area contributed by atoms with Crippen molar-refractivity contribution in [1.29, 1.82) is 0 Å². The second-order valence-corrected chi connectivity index (χ2v) is 31.0. The van der Waals surface area contributed by atoms with Gasteiger partial charge in [-0.2, -0.15) is 0 Å². The van der Waals surface area contributed by atoms with Gasteiger partial charge < -0.3 is 33.8 Å². The number of ether oxygens (including phenoxy) is 4. The van der Waals surface area contributed by atoms with Gasteiger partial charge in [-0.3, -0.25) is 37.3 Å². The maximum atomic E-state index is 13.1. The largest absolute Gasteiger partial charge is 0.472 e. The van der Waals surface area contributed by atoms with Gasteiger partial charge in [0.05, 0.1) is 26.4 Å². The average molecular weight is 1510 g/mol. The minimum absolute atomic E-state index is 0.0540. The van der Waals surface area contributed by atoms with Gasteiger partial charge in [0.2, 0.25) is 0 Å². The minimum atomic E-state index is -4.99. The Bertz CT molecular complexity index is 2300. The van der Waals surface area contributed by atoms with Crippen molar-refractivity contribution in [2.45, 2.75) is 393 Å². The van der Waals surface area contributed by atoms with Gasteiger partial charge in [-0.15, -0.1) is 0 Å². The van der Waals surface area contributed by atoms with E-state index in [2.05, 4.69) is 113 Å². The Balaban J connectivity index is 5.38. The number of rotatable bonds is 79. The second-order valence-electron chi connectivity index (χ2n) is 28.1. The lowest BCUT2D eigenvalue weighted by Gasteiger charge is -2.21. The molecule has 0 aromatic heterocycles. The summed E-state index contributed by atoms with van der Waals surface area (Å²) in [6.45, 7) is 4.77. The molecule has 17 nitrogen and oxygen atoms in total. The Labute approximate surface area is 634 Å². The molecule has 0 amide bonds. The van der Waals surface area contributed by atoms with Crippen LogP contribution in [0.25, 0.3) is 0 Å². The number of unbranched alkanes of at least 4 members (excludes halogenated alkanes) is 39. The van der Waals surface area contributed by atoms with Gasteiger partial charge in [0.15, 0.2) is 12.2 Å². The van der Waals surface area contributed by atoms with Crippen LogP contribution in [-0.4, -0.2) is 96.7 Å². The van der Waals surface area contributed by atoms with E-state index in [1.54, 1.807) is 0 Å². The van der Waals surface area contributed by atoms with Crippen molar-refractivity contribution in [3.8, 4) is 0 Å². The molecule has 0 aromatic carbocycles. The molecule has 0 spiro atoms. The van der Waals surface area contributed by atoms with E-state index in [1.165, 1.54) is 154 Å². The minimum Gasteiger partial charge on any atom is -0.462 e. The zero-order valence-electron chi connectivity index (χ0n) is 66.2. The first-order chi connectivity index (χ1) is 50.7. The summed E-state index contributed by atoms with van der Waals surface area (Å²) in [6.07, 6.45) is 81.2. The molecule has 2 unspecified atom stereocenters. The van der Waals surface area contributed by atoms with Crippen LogP contribution >= 0.6 is 15.6 Å². The molecule has 0 radical (unpaired) electrons. The summed E-state index contributed by atoms with van der Waals surface area (Å²) in [7, 11) is -9.96. The van der Waals surface area contributed by atoms with Crippen LogP contribution in [0.15, 0.2) is 85.1 Å². The predicted molar refractivity (Wildman–Crippen MR) is 427 cm³/mol. The molecule has 604 valence electrons. The summed E-state index contributed by atoms with van der Waals surface area (Å²) in [5, 5.41) is 10.7. The van der Waals surface area contributed by atoms with E-state index < -0.39 is 97.5 Å². The predicted octanol–water partition coefficient (Wildman–Crippen LogP) is 24.6. The zero-order chi connectivity index (χ0) is 76.0. The molecule has 0 fully saturated rings. The third-order valence-corrected chi connectivity index (χ3v) is 19.8. The Morgan fingerprint density at radius 2 is 0.500 bits per heavy atom. The van der Waals surface area contributed by atoms with Crippen molar-refractivity contribution in [2.24, 2.45) is 0 Å². The third-order valence-electron chi connectivity index (χ3n) is 17.9. The summed E-state index contributed by atoms with van der Waals surface area (Å²) in [5.41, 5.74) is 0. The van der Waals surface area contributed by atoms with Gasteiger partial charge >= 0.3 is 39.5 Å². The van der Waals surface area contributed by atoms with Crippen LogP contribution in [0.1, 0.15) is 374 Å². The maximum absolute atomic E-state index is 13.1. The van der Waals surface area contributed by atoms with Gasteiger partial charge in [0.1, 0.15) is 19.3 Å². The van der Waals surface area contributed by atoms with Crippen LogP contribution in [0.4, 0.5) is 0 Å². The fourth-order valence-corrected chi connectivity index (χ4v) is 13.1. The molecule has 0 bridgehead atoms. The highest BCUT2D eigenvalue weighted by atomic mass is 31.2. The molecular formula is C85H152O17P2. The monoisotopic (exact) mass is 1510 g/mol. The number of esters is 4. The molecule has 0 aliphatic carbocycles. The van der Waals surface area contributed by atoms with Crippen LogP contribution < -0.4 is 0 Å². The standard InChI is InChI=1S/C85H152O17P2/c1-5-9-13-17-21-25-29-33-37-38-39-40-44-48-52-56-60-64-68-72-85(90)102-81(76-96-83(88)70-66-62-58-54-50-46-42-35-31-27-23-19-15-11-7-3)78-100-104(93,94)98-74-79(86)73-97-103(91,92)99-77-80(101-84(89)71-67-63-59-55-51-47-43-36-32-28-24-20-16-12-8-4)75-95-82(87)69-65-61-57-53-49-45-41-34-30-26-22-18-14-10-6-2/h9,13,21,23,25,27,33,35,37,39-40,42,48,52,79-81,86H,5-8,10-12,14-20,22,24,26,28-32,34,36,38,41,43-47,49-51,53-78H2,1-4H3,(H,91,92)(H,93,94)/b13-9-,25-21-,27-23-,37-33-,40-39-,42-35-,52-48-/t79-,80+,81+/m0/s1. The van der Waals surface area contributed by atoms with Crippen LogP contribution in [0.3, 0.4) is 0 Å². The topological polar surface area (TPSA) is 237 Å². The Kier molecular flexibility index (Phi) is 74.6. The Morgan fingerprint density at radius 1 is 0.279 bits per heavy atom. The zero-order valence-corrected chi connectivity index (χ0v) is 68.0. The lowest BCUT2D eigenvalue weighted by atomic mass is 10.0. The van der Waals surface area contributed by atoms with Crippen molar-refractivity contribution >= 4 is 39.5 Å². The van der Waals surface area contributed by atoms with E-state index in [0.717, 1.165) is 141 Å². The molecule has 0 aliphatic heterocycles. The number of aliphatic hydroxyl groups is 1. The molecule has 104 heavy (non-hydrogen) atoms. The summed E-state index contributed by atoms with van der Waals surface area (Å²) in [6, 6.07) is 0. The second kappa shape index (κ2) is 77.4. The van der Waals surface area contributed by atoms with Crippen LogP contribution in [-0.2, 0) is 65.4 Å². The highest BCUT2D eigenvalue weighted by Gasteiger charge is 2.30. The lowest BCUT2D eigenvalue weighted by molar-refractivity contribution is -0.161. The molecular weight excluding hydrogens is 1350 g/mol. The van der Waals surface area contributed by atoms with Crippen molar-refractivity contribution in [2.75, 3.05) is 39.6 Å². The number of carbonyl (C=O) groups excluding carboxylic acids is 4. The van der Waals surface area contributed by atoms with Crippen LogP contribution in [0.5, 0.6) is 0 Å². The number of hydrogen-bond donors (Lipinski definition) is 3. The molecule has 0 heterocycles. The SMILES string of the molecule is CC/C=C\C/C=C\C/C=C\C/C=C\C/C=C\CCCCCC(=O)O[C@H](COC(=O)CCCCCCC/C=C\C/C=C\CCCCC)COP(=O)(O)OC[C@@H](O)COP(=O)(O)OC[C@@H](COC(=O)CCCCCCCCCCCCCCCCC)OC(=O)CCCCCCCCCCCCCCCCC. The van der Waals surface area contributed by atoms with Crippen molar-refractivity contribution in [3.05, 3.63) is 85.1 Å². The van der Waals surface area contributed by atoms with Crippen molar-refractivity contribution in [3.63, 3.8) is 0 Å². The highest BCUT2D eigenvalue weighted by Crippen LogP contribution is 2.45. The molecule has 3 N–H and O–H groups in total. The summed E-state index contributed by atoms with van der Waals surface area (Å²) < 4.78 is 68.7. The van der Waals surface area contributed by atoms with Crippen LogP contribution in [0.2, 0.25) is 0 Å². The lowest BCUT2D eigenvalue weighted by Crippen LogP contribution is -2.30. The summed E-state index contributed by atoms with van der Waals surface area (Å²) in [5.74, 6) is -2.19. The molecule has 0 rings (SSSR count). The number of aliphatic hydroxyl groups excluding tert-OH is 1. The first-order valence-corrected chi connectivity index (χ1v) is 44.8. The summed E-state index contributed by atoms with van der Waals surface area (Å²) in [4.78, 5) is 73.1. The maximum Gasteiger partial charge on any atom is 0.472 e. The van der Waals surface area contributed by atoms with Gasteiger partial charge in [0, 0.05) is 25.7 Å². The molecule has 0 saturated heterocycles. The smallest absolute Gasteiger partial charge is 0.462 e. The number of phosphoric acid groups is 2. The van der Waals surface area contributed by atoms with E-state index in [0.29, 0.717) is 25.7 Å². The number of phosphoric ester groups is 2. The average Bonchev–Trinajstić information content (AvgIpc) is 0.943. The molecule has 0 aromatic rings. The van der Waals surface area contributed by atoms with Gasteiger partial charge in [-0.05, 0) is 103 Å². The quantitative estimate of drug-likeness (QED) is 0.0169. The van der Waals surface area contributed by atoms with E-state index in [-0.39, 0.29) is 25.7 Å². The normalized spacial score (nSPS) is 14.3.